The highest BCUT2D eigenvalue weighted by molar-refractivity contribution is 4.87. The Labute approximate surface area is 103 Å². The summed E-state index contributed by atoms with van der Waals surface area (Å²) in [6.07, 6.45) is 2.82. The third-order valence-corrected chi connectivity index (χ3v) is 2.97. The summed E-state index contributed by atoms with van der Waals surface area (Å²) in [5.74, 6) is -0.944. The van der Waals surface area contributed by atoms with Gasteiger partial charge in [0, 0.05) is 32.3 Å². The molecule has 0 atom stereocenters. The van der Waals surface area contributed by atoms with Crippen LogP contribution in [0.2, 0.25) is 0 Å². The first-order valence-corrected chi connectivity index (χ1v) is 5.97. The normalized spacial score (nSPS) is 16.9. The van der Waals surface area contributed by atoms with Gasteiger partial charge in [-0.05, 0) is 12.8 Å². The van der Waals surface area contributed by atoms with Crippen molar-refractivity contribution in [2.24, 2.45) is 0 Å². The van der Waals surface area contributed by atoms with Crippen LogP contribution in [0.5, 0.6) is 0 Å². The average molecular weight is 257 g/mol. The van der Waals surface area contributed by atoms with E-state index in [2.05, 4.69) is 5.32 Å². The fraction of sp³-hybridized carbons (Fsp3) is 0.636. The van der Waals surface area contributed by atoms with Gasteiger partial charge in [-0.2, -0.15) is 4.39 Å². The number of aromatic nitrogens is 2. The van der Waals surface area contributed by atoms with Crippen LogP contribution in [0.3, 0.4) is 0 Å². The molecule has 0 aromatic carbocycles. The van der Waals surface area contributed by atoms with Gasteiger partial charge in [-0.3, -0.25) is 14.3 Å². The van der Waals surface area contributed by atoms with Crippen LogP contribution in [0.25, 0.3) is 0 Å². The zero-order valence-electron chi connectivity index (χ0n) is 9.95. The van der Waals surface area contributed by atoms with Crippen LogP contribution >= 0.6 is 0 Å². The Morgan fingerprint density at radius 3 is 2.89 bits per heavy atom. The second kappa shape index (κ2) is 5.92. The number of hydrogen-bond acceptors (Lipinski definition) is 4. The largest absolute Gasteiger partial charge is 0.381 e. The highest BCUT2D eigenvalue weighted by atomic mass is 19.1. The maximum Gasteiger partial charge on any atom is 0.328 e. The third-order valence-electron chi connectivity index (χ3n) is 2.97. The van der Waals surface area contributed by atoms with Crippen LogP contribution < -0.4 is 16.6 Å². The fourth-order valence-electron chi connectivity index (χ4n) is 1.94. The molecule has 1 aromatic rings. The van der Waals surface area contributed by atoms with Gasteiger partial charge < -0.3 is 10.1 Å². The molecule has 0 aliphatic carbocycles. The summed E-state index contributed by atoms with van der Waals surface area (Å²) < 4.78 is 19.4. The molecule has 0 unspecified atom stereocenters. The molecule has 1 saturated heterocycles. The zero-order chi connectivity index (χ0) is 13.0. The third kappa shape index (κ3) is 3.27. The average Bonchev–Trinajstić information content (AvgIpc) is 2.37. The van der Waals surface area contributed by atoms with Gasteiger partial charge in [-0.1, -0.05) is 0 Å². The molecule has 0 radical (unpaired) electrons. The van der Waals surface area contributed by atoms with Crippen molar-refractivity contribution < 1.29 is 9.13 Å². The Morgan fingerprint density at radius 1 is 1.44 bits per heavy atom. The van der Waals surface area contributed by atoms with Crippen molar-refractivity contribution in [2.75, 3.05) is 19.8 Å². The highest BCUT2D eigenvalue weighted by Gasteiger charge is 2.12. The van der Waals surface area contributed by atoms with Crippen LogP contribution in [0.1, 0.15) is 12.8 Å². The molecular formula is C11H16FN3O3. The summed E-state index contributed by atoms with van der Waals surface area (Å²) in [4.78, 5) is 24.1. The van der Waals surface area contributed by atoms with E-state index in [1.807, 2.05) is 4.98 Å². The lowest BCUT2D eigenvalue weighted by Gasteiger charge is -2.23. The van der Waals surface area contributed by atoms with Crippen LogP contribution in [0.15, 0.2) is 15.8 Å². The second-order valence-electron chi connectivity index (χ2n) is 4.27. The maximum atomic E-state index is 13.0. The van der Waals surface area contributed by atoms with Crippen molar-refractivity contribution in [3.05, 3.63) is 32.9 Å². The van der Waals surface area contributed by atoms with Gasteiger partial charge >= 0.3 is 5.69 Å². The van der Waals surface area contributed by atoms with E-state index in [9.17, 15) is 14.0 Å². The molecule has 1 aliphatic rings. The van der Waals surface area contributed by atoms with Gasteiger partial charge in [0.05, 0.1) is 6.20 Å². The number of hydrogen-bond donors (Lipinski definition) is 2. The Hall–Kier alpha value is -1.47. The molecule has 0 amide bonds. The van der Waals surface area contributed by atoms with Crippen LogP contribution in [0.4, 0.5) is 4.39 Å². The van der Waals surface area contributed by atoms with Crippen LogP contribution in [-0.4, -0.2) is 35.4 Å². The van der Waals surface area contributed by atoms with Crippen molar-refractivity contribution in [3.8, 4) is 0 Å². The molecule has 100 valence electrons. The summed E-state index contributed by atoms with van der Waals surface area (Å²) in [6, 6.07) is 0.377. The van der Waals surface area contributed by atoms with Crippen molar-refractivity contribution in [2.45, 2.75) is 25.4 Å². The molecule has 6 nitrogen and oxygen atoms in total. The monoisotopic (exact) mass is 257 g/mol. The second-order valence-corrected chi connectivity index (χ2v) is 4.27. The number of ether oxygens (including phenoxy) is 1. The standard InChI is InChI=1S/C11H16FN3O3/c12-9-7-15(11(17)14-10(9)16)4-3-13-8-1-5-18-6-2-8/h7-8,13H,1-6H2,(H,14,16,17). The molecule has 18 heavy (non-hydrogen) atoms. The molecule has 1 fully saturated rings. The SMILES string of the molecule is O=c1[nH]c(=O)n(CCNC2CCOCC2)cc1F. The Bertz CT molecular complexity index is 505. The quantitative estimate of drug-likeness (QED) is 0.758. The summed E-state index contributed by atoms with van der Waals surface area (Å²) in [5.41, 5.74) is -1.57. The van der Waals surface area contributed by atoms with Crippen LogP contribution in [-0.2, 0) is 11.3 Å². The van der Waals surface area contributed by atoms with E-state index in [1.54, 1.807) is 0 Å². The van der Waals surface area contributed by atoms with Crippen LogP contribution in [0, 0.1) is 5.82 Å². The molecule has 7 heteroatoms. The van der Waals surface area contributed by atoms with Gasteiger partial charge in [-0.25, -0.2) is 4.79 Å². The molecule has 0 bridgehead atoms. The van der Waals surface area contributed by atoms with Crippen molar-refractivity contribution >= 4 is 0 Å². The minimum absolute atomic E-state index is 0.323. The zero-order valence-corrected chi connectivity index (χ0v) is 9.95. The number of H-pyrrole nitrogens is 1. The smallest absolute Gasteiger partial charge is 0.328 e. The van der Waals surface area contributed by atoms with E-state index in [0.717, 1.165) is 36.8 Å². The molecule has 2 heterocycles. The predicted octanol–water partition coefficient (Wildman–Crippen LogP) is -0.556. The Balaban J connectivity index is 1.88. The number of nitrogens with one attached hydrogen (secondary N) is 2. The maximum absolute atomic E-state index is 13.0. The lowest BCUT2D eigenvalue weighted by Crippen LogP contribution is -2.39. The molecule has 0 spiro atoms. The number of rotatable bonds is 4. The van der Waals surface area contributed by atoms with E-state index in [0.29, 0.717) is 19.1 Å². The van der Waals surface area contributed by atoms with Gasteiger partial charge in [0.15, 0.2) is 0 Å². The molecule has 0 saturated carbocycles. The first-order valence-electron chi connectivity index (χ1n) is 5.97. The number of halogens is 1. The van der Waals surface area contributed by atoms with Gasteiger partial charge in [0.2, 0.25) is 5.82 Å². The molecule has 1 aliphatic heterocycles. The summed E-state index contributed by atoms with van der Waals surface area (Å²) in [5, 5.41) is 3.28. The minimum Gasteiger partial charge on any atom is -0.381 e. The molecule has 1 aromatic heterocycles. The summed E-state index contributed by atoms with van der Waals surface area (Å²) in [7, 11) is 0. The molecule has 2 rings (SSSR count). The number of aromatic amines is 1. The molecular weight excluding hydrogens is 241 g/mol. The summed E-state index contributed by atoms with van der Waals surface area (Å²) >= 11 is 0. The first-order chi connectivity index (χ1) is 8.66. The van der Waals surface area contributed by atoms with E-state index in [4.69, 9.17) is 4.74 Å². The first kappa shape index (κ1) is 13.0. The highest BCUT2D eigenvalue weighted by Crippen LogP contribution is 2.05. The van der Waals surface area contributed by atoms with Gasteiger partial charge in [0.25, 0.3) is 5.56 Å². The lowest BCUT2D eigenvalue weighted by atomic mass is 10.1. The van der Waals surface area contributed by atoms with Crippen molar-refractivity contribution in [1.29, 1.82) is 0 Å². The van der Waals surface area contributed by atoms with E-state index in [-0.39, 0.29) is 0 Å². The van der Waals surface area contributed by atoms with E-state index in [1.165, 1.54) is 0 Å². The van der Waals surface area contributed by atoms with Crippen molar-refractivity contribution in [3.63, 3.8) is 0 Å². The fourth-order valence-corrected chi connectivity index (χ4v) is 1.94. The molecule has 2 N–H and O–H groups in total. The van der Waals surface area contributed by atoms with Gasteiger partial charge in [-0.15, -0.1) is 0 Å². The Kier molecular flexibility index (Phi) is 4.27. The Morgan fingerprint density at radius 2 is 2.17 bits per heavy atom. The summed E-state index contributed by atoms with van der Waals surface area (Å²) in [6.45, 7) is 2.36. The lowest BCUT2D eigenvalue weighted by molar-refractivity contribution is 0.0778. The predicted molar refractivity (Wildman–Crippen MR) is 63.1 cm³/mol. The van der Waals surface area contributed by atoms with E-state index >= 15 is 0 Å². The topological polar surface area (TPSA) is 76.1 Å². The van der Waals surface area contributed by atoms with Crippen molar-refractivity contribution in [1.82, 2.24) is 14.9 Å². The van der Waals surface area contributed by atoms with E-state index < -0.39 is 17.1 Å². The number of nitrogens with zero attached hydrogens (tertiary/aromatic N) is 1. The van der Waals surface area contributed by atoms with Gasteiger partial charge in [0.1, 0.15) is 0 Å². The minimum atomic E-state index is -0.978.